The maximum atomic E-state index is 12.4. The SMILES string of the molecule is CCCN(CC#N)C(=O)CCn1c(-c2ccc(OCC)cc2)n[nH]c1=S. The average molecular weight is 373 g/mol. The predicted molar refractivity (Wildman–Crippen MR) is 101 cm³/mol. The molecule has 2 rings (SSSR count). The number of ether oxygens (including phenoxy) is 1. The molecule has 1 heterocycles. The molecule has 0 aliphatic carbocycles. The Morgan fingerprint density at radius 2 is 2.12 bits per heavy atom. The Bertz CT molecular complexity index is 819. The fourth-order valence-corrected chi connectivity index (χ4v) is 2.85. The molecule has 8 heteroatoms. The lowest BCUT2D eigenvalue weighted by Crippen LogP contribution is -2.32. The van der Waals surface area contributed by atoms with E-state index < -0.39 is 0 Å². The first kappa shape index (κ1) is 19.7. The lowest BCUT2D eigenvalue weighted by Gasteiger charge is -2.19. The first-order valence-electron chi connectivity index (χ1n) is 8.63. The van der Waals surface area contributed by atoms with Crippen LogP contribution in [0.5, 0.6) is 5.75 Å². The third-order valence-corrected chi connectivity index (χ3v) is 4.15. The lowest BCUT2D eigenvalue weighted by atomic mass is 10.2. The molecule has 0 atom stereocenters. The molecule has 1 N–H and O–H groups in total. The van der Waals surface area contributed by atoms with Crippen molar-refractivity contribution < 1.29 is 9.53 Å². The highest BCUT2D eigenvalue weighted by molar-refractivity contribution is 7.71. The molecule has 0 aliphatic heterocycles. The minimum absolute atomic E-state index is 0.0610. The third-order valence-electron chi connectivity index (χ3n) is 3.84. The quantitative estimate of drug-likeness (QED) is 0.539. The average Bonchev–Trinajstić information content (AvgIpc) is 3.01. The van der Waals surface area contributed by atoms with Crippen molar-refractivity contribution in [3.05, 3.63) is 29.0 Å². The van der Waals surface area contributed by atoms with Crippen molar-refractivity contribution in [1.29, 1.82) is 5.26 Å². The van der Waals surface area contributed by atoms with Crippen LogP contribution in [0, 0.1) is 16.1 Å². The highest BCUT2D eigenvalue weighted by Crippen LogP contribution is 2.21. The molecule has 1 amide bonds. The third kappa shape index (κ3) is 4.92. The Hall–Kier alpha value is -2.66. The summed E-state index contributed by atoms with van der Waals surface area (Å²) in [7, 11) is 0. The molecule has 1 aromatic heterocycles. The summed E-state index contributed by atoms with van der Waals surface area (Å²) in [6.07, 6.45) is 1.08. The van der Waals surface area contributed by atoms with Crippen molar-refractivity contribution in [3.63, 3.8) is 0 Å². The van der Waals surface area contributed by atoms with Crippen LogP contribution in [0.25, 0.3) is 11.4 Å². The summed E-state index contributed by atoms with van der Waals surface area (Å²) in [5, 5.41) is 15.9. The van der Waals surface area contributed by atoms with Crippen LogP contribution in [0.15, 0.2) is 24.3 Å². The summed E-state index contributed by atoms with van der Waals surface area (Å²) in [4.78, 5) is 13.9. The maximum absolute atomic E-state index is 12.4. The fraction of sp³-hybridized carbons (Fsp3) is 0.444. The molecular weight excluding hydrogens is 350 g/mol. The second-order valence-electron chi connectivity index (χ2n) is 5.68. The van der Waals surface area contributed by atoms with Gasteiger partial charge < -0.3 is 9.64 Å². The monoisotopic (exact) mass is 373 g/mol. The Morgan fingerprint density at radius 3 is 2.73 bits per heavy atom. The summed E-state index contributed by atoms with van der Waals surface area (Å²) < 4.78 is 7.72. The summed E-state index contributed by atoms with van der Waals surface area (Å²) in [6, 6.07) is 9.61. The van der Waals surface area contributed by atoms with E-state index in [0.29, 0.717) is 30.3 Å². The Morgan fingerprint density at radius 1 is 1.38 bits per heavy atom. The molecule has 26 heavy (non-hydrogen) atoms. The highest BCUT2D eigenvalue weighted by atomic mass is 32.1. The molecule has 0 bridgehead atoms. The van der Waals surface area contributed by atoms with Gasteiger partial charge in [-0.25, -0.2) is 0 Å². The van der Waals surface area contributed by atoms with Crippen LogP contribution < -0.4 is 4.74 Å². The van der Waals surface area contributed by atoms with Crippen LogP contribution in [0.1, 0.15) is 26.7 Å². The number of nitrogens with zero attached hydrogens (tertiary/aromatic N) is 4. The van der Waals surface area contributed by atoms with E-state index in [1.54, 1.807) is 9.47 Å². The minimum atomic E-state index is -0.0610. The van der Waals surface area contributed by atoms with Crippen molar-refractivity contribution in [1.82, 2.24) is 19.7 Å². The number of carbonyl (C=O) groups is 1. The standard InChI is InChI=1S/C18H23N5O2S/c1-3-11-22(13-10-19)16(24)9-12-23-17(20-21-18(23)26)14-5-7-15(8-6-14)25-4-2/h5-8H,3-4,9,11-13H2,1-2H3,(H,21,26). The van der Waals surface area contributed by atoms with Gasteiger partial charge in [-0.3, -0.25) is 14.5 Å². The number of H-pyrrole nitrogens is 1. The number of carbonyl (C=O) groups excluding carboxylic acids is 1. The van der Waals surface area contributed by atoms with Gasteiger partial charge >= 0.3 is 0 Å². The topological polar surface area (TPSA) is 86.9 Å². The van der Waals surface area contributed by atoms with E-state index in [1.807, 2.05) is 44.2 Å². The number of nitrogens with one attached hydrogen (secondary N) is 1. The Balaban J connectivity index is 2.13. The van der Waals surface area contributed by atoms with Crippen molar-refractivity contribution >= 4 is 18.1 Å². The molecule has 1 aromatic carbocycles. The molecule has 0 fully saturated rings. The van der Waals surface area contributed by atoms with Gasteiger partial charge in [0.1, 0.15) is 12.3 Å². The molecule has 0 saturated heterocycles. The van der Waals surface area contributed by atoms with Gasteiger partial charge in [0.05, 0.1) is 12.7 Å². The number of hydrogen-bond donors (Lipinski definition) is 1. The summed E-state index contributed by atoms with van der Waals surface area (Å²) in [5.74, 6) is 1.40. The molecule has 0 aliphatic rings. The number of hydrogen-bond acceptors (Lipinski definition) is 5. The smallest absolute Gasteiger partial charge is 0.225 e. The molecule has 0 spiro atoms. The number of aromatic nitrogens is 3. The van der Waals surface area contributed by atoms with E-state index in [0.717, 1.165) is 17.7 Å². The van der Waals surface area contributed by atoms with Crippen LogP contribution in [0.2, 0.25) is 0 Å². The number of benzene rings is 1. The highest BCUT2D eigenvalue weighted by Gasteiger charge is 2.15. The Kier molecular flexibility index (Phi) is 7.36. The zero-order valence-electron chi connectivity index (χ0n) is 15.1. The minimum Gasteiger partial charge on any atom is -0.494 e. The fourth-order valence-electron chi connectivity index (χ4n) is 2.63. The van der Waals surface area contributed by atoms with E-state index in [2.05, 4.69) is 10.2 Å². The number of aromatic amines is 1. The Labute approximate surface area is 158 Å². The van der Waals surface area contributed by atoms with Gasteiger partial charge in [0, 0.05) is 25.1 Å². The lowest BCUT2D eigenvalue weighted by molar-refractivity contribution is -0.130. The van der Waals surface area contributed by atoms with Crippen molar-refractivity contribution in [2.24, 2.45) is 0 Å². The summed E-state index contributed by atoms with van der Waals surface area (Å²) in [6.45, 7) is 5.61. The molecular formula is C18H23N5O2S. The van der Waals surface area contributed by atoms with E-state index in [9.17, 15) is 4.79 Å². The van der Waals surface area contributed by atoms with Crippen LogP contribution in [0.3, 0.4) is 0 Å². The van der Waals surface area contributed by atoms with Gasteiger partial charge in [-0.1, -0.05) is 6.92 Å². The van der Waals surface area contributed by atoms with Crippen LogP contribution in [0.4, 0.5) is 0 Å². The van der Waals surface area contributed by atoms with Crippen LogP contribution in [-0.4, -0.2) is 45.3 Å². The zero-order valence-corrected chi connectivity index (χ0v) is 15.9. The predicted octanol–water partition coefficient (Wildman–Crippen LogP) is 3.16. The van der Waals surface area contributed by atoms with Crippen LogP contribution >= 0.6 is 12.2 Å². The number of amides is 1. The van der Waals surface area contributed by atoms with Gasteiger partial charge in [0.25, 0.3) is 0 Å². The molecule has 0 unspecified atom stereocenters. The van der Waals surface area contributed by atoms with Crippen molar-refractivity contribution in [3.8, 4) is 23.2 Å². The summed E-state index contributed by atoms with van der Waals surface area (Å²) >= 11 is 5.30. The largest absolute Gasteiger partial charge is 0.494 e. The van der Waals surface area contributed by atoms with Crippen molar-refractivity contribution in [2.75, 3.05) is 19.7 Å². The zero-order chi connectivity index (χ0) is 18.9. The second kappa shape index (κ2) is 9.73. The van der Waals surface area contributed by atoms with Crippen molar-refractivity contribution in [2.45, 2.75) is 33.2 Å². The van der Waals surface area contributed by atoms with E-state index >= 15 is 0 Å². The van der Waals surface area contributed by atoms with E-state index in [1.165, 1.54) is 0 Å². The molecule has 2 aromatic rings. The van der Waals surface area contributed by atoms with Gasteiger partial charge in [-0.05, 0) is 49.8 Å². The van der Waals surface area contributed by atoms with Gasteiger partial charge in [-0.15, -0.1) is 0 Å². The first-order chi connectivity index (χ1) is 12.6. The maximum Gasteiger partial charge on any atom is 0.225 e. The van der Waals surface area contributed by atoms with E-state index in [-0.39, 0.29) is 18.9 Å². The van der Waals surface area contributed by atoms with Crippen LogP contribution in [-0.2, 0) is 11.3 Å². The van der Waals surface area contributed by atoms with Gasteiger partial charge in [-0.2, -0.15) is 10.4 Å². The second-order valence-corrected chi connectivity index (χ2v) is 6.07. The molecule has 138 valence electrons. The molecule has 0 radical (unpaired) electrons. The first-order valence-corrected chi connectivity index (χ1v) is 9.04. The van der Waals surface area contributed by atoms with Gasteiger partial charge in [0.2, 0.25) is 5.91 Å². The number of rotatable bonds is 9. The van der Waals surface area contributed by atoms with E-state index in [4.69, 9.17) is 22.2 Å². The van der Waals surface area contributed by atoms with Gasteiger partial charge in [0.15, 0.2) is 10.6 Å². The normalized spacial score (nSPS) is 10.3. The molecule has 0 saturated carbocycles. The number of nitriles is 1. The molecule has 7 nitrogen and oxygen atoms in total. The summed E-state index contributed by atoms with van der Waals surface area (Å²) in [5.41, 5.74) is 0.885.